The molecule has 0 amide bonds. The van der Waals surface area contributed by atoms with Gasteiger partial charge in [-0.2, -0.15) is 5.26 Å². The number of sulfonamides is 1. The molecule has 1 fully saturated rings. The van der Waals surface area contributed by atoms with Crippen LogP contribution in [0.3, 0.4) is 0 Å². The zero-order valence-electron chi connectivity index (χ0n) is 16.3. The Hall–Kier alpha value is -2.90. The van der Waals surface area contributed by atoms with Crippen LogP contribution in [0.2, 0.25) is 0 Å². The van der Waals surface area contributed by atoms with E-state index in [0.29, 0.717) is 42.6 Å². The van der Waals surface area contributed by atoms with Gasteiger partial charge in [0.05, 0.1) is 19.1 Å². The number of methoxy groups -OCH3 is 2. The van der Waals surface area contributed by atoms with Crippen molar-refractivity contribution in [3.05, 3.63) is 36.3 Å². The number of aromatic nitrogens is 2. The highest BCUT2D eigenvalue weighted by molar-refractivity contribution is 7.89. The maximum atomic E-state index is 12.6. The summed E-state index contributed by atoms with van der Waals surface area (Å²) in [6.45, 7) is 1.72. The topological polar surface area (TPSA) is 117 Å². The largest absolute Gasteiger partial charge is 0.493 e. The lowest BCUT2D eigenvalue weighted by atomic mass is 9.97. The Morgan fingerprint density at radius 3 is 2.52 bits per heavy atom. The highest BCUT2D eigenvalue weighted by Gasteiger charge is 2.24. The molecular weight excluding hydrogens is 394 g/mol. The van der Waals surface area contributed by atoms with Gasteiger partial charge in [0.25, 0.3) is 0 Å². The van der Waals surface area contributed by atoms with Crippen molar-refractivity contribution < 1.29 is 17.9 Å². The van der Waals surface area contributed by atoms with Crippen molar-refractivity contribution in [3.8, 4) is 17.6 Å². The summed E-state index contributed by atoms with van der Waals surface area (Å²) >= 11 is 0. The molecular formula is C19H23N5O4S. The van der Waals surface area contributed by atoms with Crippen molar-refractivity contribution >= 4 is 15.8 Å². The van der Waals surface area contributed by atoms with Crippen LogP contribution in [0.4, 0.5) is 5.82 Å². The predicted molar refractivity (Wildman–Crippen MR) is 106 cm³/mol. The Morgan fingerprint density at radius 2 is 1.86 bits per heavy atom. The summed E-state index contributed by atoms with van der Waals surface area (Å²) in [5.74, 6) is 1.61. The number of hydrogen-bond acceptors (Lipinski definition) is 8. The smallest absolute Gasteiger partial charge is 0.240 e. The molecule has 0 unspecified atom stereocenters. The van der Waals surface area contributed by atoms with E-state index in [1.54, 1.807) is 12.3 Å². The maximum absolute atomic E-state index is 12.6. The lowest BCUT2D eigenvalue weighted by molar-refractivity contribution is 0.353. The first-order valence-corrected chi connectivity index (χ1v) is 10.6. The molecule has 1 saturated heterocycles. The standard InChI is InChI=1S/C19H23N5O4S/c1-27-17-4-3-15(11-18(17)28-2)29(25,26)23-13-14-5-9-24(10-6-14)19-16(12-20)21-7-8-22-19/h3-4,7-8,11,14,23H,5-6,9-10,13H2,1-2H3. The fraction of sp³-hybridized carbons (Fsp3) is 0.421. The van der Waals surface area contributed by atoms with Gasteiger partial charge in [-0.05, 0) is 30.9 Å². The van der Waals surface area contributed by atoms with Crippen LogP contribution in [-0.4, -0.2) is 52.2 Å². The fourth-order valence-corrected chi connectivity index (χ4v) is 4.42. The molecule has 10 heteroatoms. The van der Waals surface area contributed by atoms with E-state index in [1.165, 1.54) is 32.5 Å². The van der Waals surface area contributed by atoms with E-state index in [-0.39, 0.29) is 10.8 Å². The average Bonchev–Trinajstić information content (AvgIpc) is 2.77. The number of hydrogen-bond donors (Lipinski definition) is 1. The number of ether oxygens (including phenoxy) is 2. The molecule has 9 nitrogen and oxygen atoms in total. The molecule has 2 aromatic rings. The quantitative estimate of drug-likeness (QED) is 0.721. The van der Waals surface area contributed by atoms with Crippen molar-refractivity contribution in [2.75, 3.05) is 38.8 Å². The first-order valence-electron chi connectivity index (χ1n) is 9.16. The van der Waals surface area contributed by atoms with Crippen molar-refractivity contribution in [1.82, 2.24) is 14.7 Å². The zero-order chi connectivity index (χ0) is 20.9. The second-order valence-electron chi connectivity index (χ2n) is 6.64. The molecule has 1 aromatic heterocycles. The number of rotatable bonds is 7. The number of nitriles is 1. The molecule has 0 saturated carbocycles. The minimum atomic E-state index is -3.66. The van der Waals surface area contributed by atoms with E-state index in [1.807, 2.05) is 4.90 Å². The number of anilines is 1. The van der Waals surface area contributed by atoms with Crippen molar-refractivity contribution in [2.24, 2.45) is 5.92 Å². The molecule has 1 aliphatic rings. The first-order chi connectivity index (χ1) is 14.0. The first kappa shape index (κ1) is 20.8. The summed E-state index contributed by atoms with van der Waals surface area (Å²) in [5.41, 5.74) is 0.306. The van der Waals surface area contributed by atoms with E-state index >= 15 is 0 Å². The Labute approximate surface area is 170 Å². The summed E-state index contributed by atoms with van der Waals surface area (Å²) < 4.78 is 38.3. The van der Waals surface area contributed by atoms with Crippen LogP contribution in [0.25, 0.3) is 0 Å². The van der Waals surface area contributed by atoms with Crippen LogP contribution in [0.5, 0.6) is 11.5 Å². The third-order valence-corrected chi connectivity index (χ3v) is 6.35. The summed E-state index contributed by atoms with van der Waals surface area (Å²) in [5, 5.41) is 9.18. The molecule has 1 N–H and O–H groups in total. The number of nitrogens with one attached hydrogen (secondary N) is 1. The van der Waals surface area contributed by atoms with Gasteiger partial charge in [-0.3, -0.25) is 0 Å². The summed E-state index contributed by atoms with van der Waals surface area (Å²) in [6.07, 6.45) is 4.64. The Morgan fingerprint density at radius 1 is 1.17 bits per heavy atom. The molecule has 2 heterocycles. The van der Waals surface area contributed by atoms with Gasteiger partial charge in [0, 0.05) is 38.1 Å². The minimum absolute atomic E-state index is 0.130. The maximum Gasteiger partial charge on any atom is 0.240 e. The molecule has 1 aliphatic heterocycles. The van der Waals surface area contributed by atoms with Crippen LogP contribution >= 0.6 is 0 Å². The van der Waals surface area contributed by atoms with Crippen molar-refractivity contribution in [1.29, 1.82) is 5.26 Å². The molecule has 0 bridgehead atoms. The average molecular weight is 417 g/mol. The second kappa shape index (κ2) is 9.07. The molecule has 154 valence electrons. The normalized spacial score (nSPS) is 15.0. The molecule has 29 heavy (non-hydrogen) atoms. The minimum Gasteiger partial charge on any atom is -0.493 e. The van der Waals surface area contributed by atoms with Crippen LogP contribution in [0, 0.1) is 17.2 Å². The molecule has 0 radical (unpaired) electrons. The van der Waals surface area contributed by atoms with Crippen LogP contribution in [0.15, 0.2) is 35.5 Å². The van der Waals surface area contributed by atoms with Gasteiger partial charge in [-0.25, -0.2) is 23.1 Å². The highest BCUT2D eigenvalue weighted by Crippen LogP contribution is 2.29. The molecule has 3 rings (SSSR count). The third-order valence-electron chi connectivity index (χ3n) is 4.93. The van der Waals surface area contributed by atoms with Gasteiger partial charge in [-0.15, -0.1) is 0 Å². The Bertz CT molecular complexity index is 998. The van der Waals surface area contributed by atoms with Gasteiger partial charge in [0.1, 0.15) is 6.07 Å². The lowest BCUT2D eigenvalue weighted by Crippen LogP contribution is -2.39. The summed E-state index contributed by atoms with van der Waals surface area (Å²) in [4.78, 5) is 10.5. The van der Waals surface area contributed by atoms with Gasteiger partial charge >= 0.3 is 0 Å². The number of nitrogens with zero attached hydrogens (tertiary/aromatic N) is 4. The van der Waals surface area contributed by atoms with E-state index < -0.39 is 10.0 Å². The summed E-state index contributed by atoms with van der Waals surface area (Å²) in [7, 11) is -0.698. The highest BCUT2D eigenvalue weighted by atomic mass is 32.2. The molecule has 1 aromatic carbocycles. The van der Waals surface area contributed by atoms with E-state index in [4.69, 9.17) is 9.47 Å². The Kier molecular flexibility index (Phi) is 6.51. The number of benzene rings is 1. The van der Waals surface area contributed by atoms with Crippen LogP contribution < -0.4 is 19.1 Å². The van der Waals surface area contributed by atoms with Gasteiger partial charge in [0.15, 0.2) is 23.0 Å². The van der Waals surface area contributed by atoms with Crippen molar-refractivity contribution in [2.45, 2.75) is 17.7 Å². The fourth-order valence-electron chi connectivity index (χ4n) is 3.28. The predicted octanol–water partition coefficient (Wildman–Crippen LogP) is 1.56. The zero-order valence-corrected chi connectivity index (χ0v) is 17.1. The SMILES string of the molecule is COc1ccc(S(=O)(=O)NCC2CCN(c3nccnc3C#N)CC2)cc1OC. The van der Waals surface area contributed by atoms with E-state index in [9.17, 15) is 13.7 Å². The van der Waals surface area contributed by atoms with Crippen LogP contribution in [-0.2, 0) is 10.0 Å². The second-order valence-corrected chi connectivity index (χ2v) is 8.41. The van der Waals surface area contributed by atoms with Gasteiger partial charge < -0.3 is 14.4 Å². The van der Waals surface area contributed by atoms with E-state index in [2.05, 4.69) is 20.8 Å². The van der Waals surface area contributed by atoms with E-state index in [0.717, 1.165) is 12.8 Å². The van der Waals surface area contributed by atoms with Crippen LogP contribution in [0.1, 0.15) is 18.5 Å². The third kappa shape index (κ3) is 4.75. The number of piperidine rings is 1. The van der Waals surface area contributed by atoms with Crippen molar-refractivity contribution in [3.63, 3.8) is 0 Å². The molecule has 0 atom stereocenters. The van der Waals surface area contributed by atoms with Gasteiger partial charge in [-0.1, -0.05) is 0 Å². The lowest BCUT2D eigenvalue weighted by Gasteiger charge is -2.32. The monoisotopic (exact) mass is 417 g/mol. The molecule has 0 aliphatic carbocycles. The Balaban J connectivity index is 1.59. The molecule has 0 spiro atoms. The summed E-state index contributed by atoms with van der Waals surface area (Å²) in [6, 6.07) is 6.56. The van der Waals surface area contributed by atoms with Gasteiger partial charge in [0.2, 0.25) is 10.0 Å².